The number of nitrogens with one attached hydrogen (secondary N) is 1. The summed E-state index contributed by atoms with van der Waals surface area (Å²) >= 11 is 6.50. The van der Waals surface area contributed by atoms with Crippen LogP contribution in [0.4, 0.5) is 5.13 Å². The number of hydrogen-bond acceptors (Lipinski definition) is 7. The zero-order valence-electron chi connectivity index (χ0n) is 16.0. The molecule has 3 aromatic rings. The van der Waals surface area contributed by atoms with Gasteiger partial charge >= 0.3 is 0 Å². The first-order valence-corrected chi connectivity index (χ1v) is 11.1. The van der Waals surface area contributed by atoms with E-state index in [0.717, 1.165) is 11.4 Å². The van der Waals surface area contributed by atoms with Crippen LogP contribution in [-0.2, 0) is 5.75 Å². The predicted octanol–water partition coefficient (Wildman–Crippen LogP) is 5.48. The lowest BCUT2D eigenvalue weighted by molar-refractivity contribution is 0.102. The van der Waals surface area contributed by atoms with E-state index in [0.29, 0.717) is 32.4 Å². The number of aromatic nitrogens is 1. The number of anilines is 1. The first kappa shape index (κ1) is 21.5. The van der Waals surface area contributed by atoms with Crippen LogP contribution in [0.3, 0.4) is 0 Å². The van der Waals surface area contributed by atoms with E-state index in [1.807, 2.05) is 23.6 Å². The van der Waals surface area contributed by atoms with E-state index in [4.69, 9.17) is 14.2 Å². The van der Waals surface area contributed by atoms with E-state index in [-0.39, 0.29) is 5.91 Å². The highest BCUT2D eigenvalue weighted by molar-refractivity contribution is 9.10. The standard InChI is InChI=1S/C20H19BrN2O4S2/c1-25-15-9-14(16(21)18(27-3)17(15)26-2)19(24)23-20-22-12(11-29-20)10-28-13-7-5-4-6-8-13/h4-9,11H,10H2,1-3H3,(H,22,23,24). The molecule has 0 saturated carbocycles. The summed E-state index contributed by atoms with van der Waals surface area (Å²) in [5.74, 6) is 1.60. The van der Waals surface area contributed by atoms with E-state index < -0.39 is 0 Å². The molecule has 0 atom stereocenters. The summed E-state index contributed by atoms with van der Waals surface area (Å²) in [7, 11) is 4.52. The van der Waals surface area contributed by atoms with Gasteiger partial charge in [0.25, 0.3) is 5.91 Å². The van der Waals surface area contributed by atoms with Crippen LogP contribution in [0.25, 0.3) is 0 Å². The molecule has 0 unspecified atom stereocenters. The maximum absolute atomic E-state index is 12.8. The van der Waals surface area contributed by atoms with Crippen molar-refractivity contribution in [2.75, 3.05) is 26.6 Å². The van der Waals surface area contributed by atoms with Crippen molar-refractivity contribution >= 4 is 50.1 Å². The Balaban J connectivity index is 1.74. The first-order chi connectivity index (χ1) is 14.1. The Morgan fingerprint density at radius 1 is 1.14 bits per heavy atom. The molecular formula is C20H19BrN2O4S2. The number of benzene rings is 2. The van der Waals surface area contributed by atoms with Crippen LogP contribution in [0.5, 0.6) is 17.2 Å². The van der Waals surface area contributed by atoms with Crippen LogP contribution in [-0.4, -0.2) is 32.2 Å². The summed E-state index contributed by atoms with van der Waals surface area (Å²) < 4.78 is 16.5. The topological polar surface area (TPSA) is 69.7 Å². The van der Waals surface area contributed by atoms with Gasteiger partial charge in [0, 0.05) is 16.0 Å². The van der Waals surface area contributed by atoms with Crippen molar-refractivity contribution in [1.82, 2.24) is 4.98 Å². The van der Waals surface area contributed by atoms with Gasteiger partial charge in [0.1, 0.15) is 0 Å². The number of nitrogens with zero attached hydrogens (tertiary/aromatic N) is 1. The number of methoxy groups -OCH3 is 3. The molecule has 1 amide bonds. The van der Waals surface area contributed by atoms with Crippen molar-refractivity contribution < 1.29 is 19.0 Å². The highest BCUT2D eigenvalue weighted by atomic mass is 79.9. The molecule has 0 bridgehead atoms. The molecule has 0 radical (unpaired) electrons. The summed E-state index contributed by atoms with van der Waals surface area (Å²) in [6.07, 6.45) is 0. The third kappa shape index (κ3) is 5.04. The van der Waals surface area contributed by atoms with Gasteiger partial charge in [-0.25, -0.2) is 4.98 Å². The molecule has 6 nitrogen and oxygen atoms in total. The average Bonchev–Trinajstić information content (AvgIpc) is 3.19. The van der Waals surface area contributed by atoms with E-state index in [1.54, 1.807) is 17.8 Å². The maximum atomic E-state index is 12.8. The van der Waals surface area contributed by atoms with Gasteiger partial charge in [0.2, 0.25) is 5.75 Å². The zero-order chi connectivity index (χ0) is 20.8. The lowest BCUT2D eigenvalue weighted by Gasteiger charge is -2.16. The van der Waals surface area contributed by atoms with Gasteiger partial charge in [-0.2, -0.15) is 0 Å². The quantitative estimate of drug-likeness (QED) is 0.418. The van der Waals surface area contributed by atoms with Crippen molar-refractivity contribution in [2.24, 2.45) is 0 Å². The van der Waals surface area contributed by atoms with Crippen LogP contribution in [0.15, 0.2) is 51.1 Å². The molecule has 1 aromatic heterocycles. The lowest BCUT2D eigenvalue weighted by atomic mass is 10.1. The largest absolute Gasteiger partial charge is 0.493 e. The Morgan fingerprint density at radius 2 is 1.86 bits per heavy atom. The van der Waals surface area contributed by atoms with Gasteiger partial charge in [0.05, 0.1) is 37.1 Å². The molecule has 29 heavy (non-hydrogen) atoms. The highest BCUT2D eigenvalue weighted by Gasteiger charge is 2.23. The summed E-state index contributed by atoms with van der Waals surface area (Å²) in [4.78, 5) is 18.5. The van der Waals surface area contributed by atoms with Gasteiger partial charge in [-0.1, -0.05) is 18.2 Å². The number of thioether (sulfide) groups is 1. The van der Waals surface area contributed by atoms with Crippen molar-refractivity contribution in [3.05, 3.63) is 57.5 Å². The number of carbonyl (C=O) groups excluding carboxylic acids is 1. The number of carbonyl (C=O) groups is 1. The fourth-order valence-electron chi connectivity index (χ4n) is 2.56. The first-order valence-electron chi connectivity index (χ1n) is 8.49. The summed E-state index contributed by atoms with van der Waals surface area (Å²) in [5, 5.41) is 5.30. The van der Waals surface area contributed by atoms with Crippen LogP contribution in [0.1, 0.15) is 16.1 Å². The van der Waals surface area contributed by atoms with Crippen molar-refractivity contribution in [2.45, 2.75) is 10.6 Å². The fourth-order valence-corrected chi connectivity index (χ4v) is 4.81. The Hall–Kier alpha value is -2.23. The van der Waals surface area contributed by atoms with E-state index in [9.17, 15) is 4.79 Å². The Labute approximate surface area is 185 Å². The molecule has 0 aliphatic carbocycles. The second-order valence-electron chi connectivity index (χ2n) is 5.71. The monoisotopic (exact) mass is 494 g/mol. The SMILES string of the molecule is COc1cc(C(=O)Nc2nc(CSc3ccccc3)cs2)c(Br)c(OC)c1OC. The second kappa shape index (κ2) is 10.00. The third-order valence-electron chi connectivity index (χ3n) is 3.92. The maximum Gasteiger partial charge on any atom is 0.258 e. The minimum absolute atomic E-state index is 0.326. The minimum atomic E-state index is -0.326. The molecule has 1 N–H and O–H groups in total. The second-order valence-corrected chi connectivity index (χ2v) is 8.41. The Bertz CT molecular complexity index is 996. The number of hydrogen-bond donors (Lipinski definition) is 1. The van der Waals surface area contributed by atoms with Gasteiger partial charge < -0.3 is 14.2 Å². The molecule has 2 aromatic carbocycles. The molecule has 3 rings (SSSR count). The van der Waals surface area contributed by atoms with Crippen LogP contribution in [0, 0.1) is 0 Å². The van der Waals surface area contributed by atoms with E-state index in [2.05, 4.69) is 38.4 Å². The van der Waals surface area contributed by atoms with E-state index >= 15 is 0 Å². The summed E-state index contributed by atoms with van der Waals surface area (Å²) in [5.41, 5.74) is 1.26. The van der Waals surface area contributed by atoms with Crippen molar-refractivity contribution in [3.8, 4) is 17.2 Å². The van der Waals surface area contributed by atoms with Gasteiger partial charge in [-0.3, -0.25) is 10.1 Å². The third-order valence-corrected chi connectivity index (χ3v) is 6.56. The number of amides is 1. The Kier molecular flexibility index (Phi) is 7.40. The van der Waals surface area contributed by atoms with E-state index in [1.165, 1.54) is 37.6 Å². The Morgan fingerprint density at radius 3 is 2.52 bits per heavy atom. The number of rotatable bonds is 8. The normalized spacial score (nSPS) is 10.5. The molecule has 0 aliphatic rings. The molecule has 152 valence electrons. The predicted molar refractivity (Wildman–Crippen MR) is 120 cm³/mol. The van der Waals surface area contributed by atoms with Crippen LogP contribution < -0.4 is 19.5 Å². The average molecular weight is 495 g/mol. The lowest BCUT2D eigenvalue weighted by Crippen LogP contribution is -2.13. The molecular weight excluding hydrogens is 476 g/mol. The number of ether oxygens (including phenoxy) is 3. The molecule has 1 heterocycles. The van der Waals surface area contributed by atoms with Crippen LogP contribution in [0.2, 0.25) is 0 Å². The van der Waals surface area contributed by atoms with Gasteiger partial charge in [0.15, 0.2) is 16.6 Å². The number of thiazole rings is 1. The smallest absolute Gasteiger partial charge is 0.258 e. The highest BCUT2D eigenvalue weighted by Crippen LogP contribution is 2.44. The van der Waals surface area contributed by atoms with Crippen LogP contribution >= 0.6 is 39.0 Å². The summed E-state index contributed by atoms with van der Waals surface area (Å²) in [6.45, 7) is 0. The molecule has 0 spiro atoms. The van der Waals surface area contributed by atoms with Crippen molar-refractivity contribution in [3.63, 3.8) is 0 Å². The fraction of sp³-hybridized carbons (Fsp3) is 0.200. The van der Waals surface area contributed by atoms with Crippen molar-refractivity contribution in [1.29, 1.82) is 0 Å². The molecule has 9 heteroatoms. The molecule has 0 saturated heterocycles. The number of halogens is 1. The summed E-state index contributed by atoms with van der Waals surface area (Å²) in [6, 6.07) is 11.7. The van der Waals surface area contributed by atoms with Gasteiger partial charge in [-0.05, 0) is 34.1 Å². The molecule has 0 fully saturated rings. The van der Waals surface area contributed by atoms with Gasteiger partial charge in [-0.15, -0.1) is 23.1 Å². The minimum Gasteiger partial charge on any atom is -0.493 e. The molecule has 0 aliphatic heterocycles. The zero-order valence-corrected chi connectivity index (χ0v) is 19.2.